The van der Waals surface area contributed by atoms with Crippen molar-refractivity contribution in [2.24, 2.45) is 0 Å². The molecule has 4 heterocycles. The molecule has 4 aliphatic rings. The topological polar surface area (TPSA) is 18.5 Å². The molecule has 0 amide bonds. The summed E-state index contributed by atoms with van der Waals surface area (Å²) in [5.41, 5.74) is 20.7. The van der Waals surface area contributed by atoms with E-state index in [0.717, 1.165) is 23.0 Å². The smallest absolute Gasteiger partial charge is 0.252 e. The molecule has 0 aromatic heterocycles. The lowest BCUT2D eigenvalue weighted by atomic mass is 9.31. The van der Waals surface area contributed by atoms with E-state index in [4.69, 9.17) is 9.47 Å². The van der Waals surface area contributed by atoms with Crippen molar-refractivity contribution in [3.05, 3.63) is 118 Å². The fourth-order valence-corrected chi connectivity index (χ4v) is 11.3. The standard InChI is InChI=1S/C52H44B2O2/c1-25-11-13-37-41(17-25)55-43-19-27(3)15-31-29-21-36(52(8,9)10)34-24-40-46-30(32-16-28(4)20-44-50(32)54(40)38-14-12-26(2)18-42(38)56-44)22-35(51(5,6)7)33-23-39(53(37)49(31)43)45(29)47(34)48(33)46/h11-24H,1-10H3. The molecule has 4 aliphatic heterocycles. The monoisotopic (exact) mass is 722 g/mol. The predicted octanol–water partition coefficient (Wildman–Crippen LogP) is 9.62. The molecule has 0 unspecified atom stereocenters. The van der Waals surface area contributed by atoms with Crippen molar-refractivity contribution >= 4 is 78.5 Å². The van der Waals surface area contributed by atoms with Crippen molar-refractivity contribution in [3.8, 4) is 45.3 Å². The molecule has 0 fully saturated rings. The molecule has 0 saturated heterocycles. The number of hydrogen-bond acceptors (Lipinski definition) is 2. The first-order valence-corrected chi connectivity index (χ1v) is 20.4. The maximum absolute atomic E-state index is 6.86. The van der Waals surface area contributed by atoms with Crippen molar-refractivity contribution in [1.82, 2.24) is 0 Å². The van der Waals surface area contributed by atoms with Gasteiger partial charge in [-0.2, -0.15) is 0 Å². The fourth-order valence-electron chi connectivity index (χ4n) is 11.3. The molecule has 8 aromatic rings. The van der Waals surface area contributed by atoms with Crippen LogP contribution < -0.4 is 42.3 Å². The first-order chi connectivity index (χ1) is 26.7. The average molecular weight is 723 g/mol. The minimum Gasteiger partial charge on any atom is -0.458 e. The van der Waals surface area contributed by atoms with Gasteiger partial charge in [0.25, 0.3) is 13.4 Å². The zero-order chi connectivity index (χ0) is 38.5. The van der Waals surface area contributed by atoms with Crippen LogP contribution in [0.1, 0.15) is 74.9 Å². The Morgan fingerprint density at radius 2 is 0.768 bits per heavy atom. The van der Waals surface area contributed by atoms with Crippen LogP contribution in [0.3, 0.4) is 0 Å². The highest BCUT2D eigenvalue weighted by Gasteiger charge is 2.45. The Kier molecular flexibility index (Phi) is 6.01. The van der Waals surface area contributed by atoms with E-state index in [-0.39, 0.29) is 24.3 Å². The lowest BCUT2D eigenvalue weighted by Gasteiger charge is -2.39. The van der Waals surface area contributed by atoms with Gasteiger partial charge in [0, 0.05) is 0 Å². The summed E-state index contributed by atoms with van der Waals surface area (Å²) in [6, 6.07) is 33.4. The summed E-state index contributed by atoms with van der Waals surface area (Å²) in [6.45, 7) is 23.3. The van der Waals surface area contributed by atoms with Gasteiger partial charge in [-0.3, -0.25) is 0 Å². The molecule has 2 nitrogen and oxygen atoms in total. The van der Waals surface area contributed by atoms with Crippen LogP contribution in [0.4, 0.5) is 0 Å². The van der Waals surface area contributed by atoms with Gasteiger partial charge in [0.2, 0.25) is 0 Å². The van der Waals surface area contributed by atoms with Gasteiger partial charge < -0.3 is 9.47 Å². The third-order valence-corrected chi connectivity index (χ3v) is 13.5. The number of rotatable bonds is 0. The summed E-state index contributed by atoms with van der Waals surface area (Å²) in [7, 11) is 0. The van der Waals surface area contributed by atoms with Crippen LogP contribution >= 0.6 is 0 Å². The highest BCUT2D eigenvalue weighted by Crippen LogP contribution is 2.51. The van der Waals surface area contributed by atoms with Crippen LogP contribution in [0.2, 0.25) is 0 Å². The van der Waals surface area contributed by atoms with Crippen LogP contribution in [0.5, 0.6) is 23.0 Å². The maximum Gasteiger partial charge on any atom is 0.252 e. The lowest BCUT2D eigenvalue weighted by molar-refractivity contribution is 0.486. The molecule has 0 N–H and O–H groups in total. The van der Waals surface area contributed by atoms with E-state index in [1.165, 1.54) is 121 Å². The predicted molar refractivity (Wildman–Crippen MR) is 240 cm³/mol. The summed E-state index contributed by atoms with van der Waals surface area (Å²) in [5, 5.41) is 8.43. The van der Waals surface area contributed by atoms with Crippen molar-refractivity contribution in [1.29, 1.82) is 0 Å². The molecular formula is C52H44B2O2. The molecule has 0 radical (unpaired) electrons. The van der Waals surface area contributed by atoms with Crippen molar-refractivity contribution in [3.63, 3.8) is 0 Å². The molecule has 0 bridgehead atoms. The number of aryl methyl sites for hydroxylation is 4. The Hall–Kier alpha value is -5.47. The van der Waals surface area contributed by atoms with E-state index in [2.05, 4.69) is 154 Å². The average Bonchev–Trinajstić information content (AvgIpc) is 3.12. The zero-order valence-electron chi connectivity index (χ0n) is 34.1. The first-order valence-electron chi connectivity index (χ1n) is 20.4. The summed E-state index contributed by atoms with van der Waals surface area (Å²) >= 11 is 0. The van der Waals surface area contributed by atoms with Crippen molar-refractivity contribution in [2.75, 3.05) is 0 Å². The molecule has 56 heavy (non-hydrogen) atoms. The third-order valence-electron chi connectivity index (χ3n) is 13.5. The molecule has 12 rings (SSSR count). The summed E-state index contributed by atoms with van der Waals surface area (Å²) in [5.74, 6) is 3.95. The number of benzene rings is 8. The Morgan fingerprint density at radius 3 is 1.16 bits per heavy atom. The minimum atomic E-state index is -0.109. The second-order valence-electron chi connectivity index (χ2n) is 19.6. The van der Waals surface area contributed by atoms with E-state index in [9.17, 15) is 0 Å². The van der Waals surface area contributed by atoms with Gasteiger partial charge in [-0.1, -0.05) is 101 Å². The van der Waals surface area contributed by atoms with Crippen LogP contribution in [-0.2, 0) is 10.8 Å². The Morgan fingerprint density at radius 1 is 0.375 bits per heavy atom. The van der Waals surface area contributed by atoms with Gasteiger partial charge in [0.05, 0.1) is 0 Å². The molecule has 270 valence electrons. The quantitative estimate of drug-likeness (QED) is 0.115. The van der Waals surface area contributed by atoms with Crippen molar-refractivity contribution in [2.45, 2.75) is 80.1 Å². The zero-order valence-corrected chi connectivity index (χ0v) is 34.1. The molecule has 0 saturated carbocycles. The van der Waals surface area contributed by atoms with E-state index < -0.39 is 0 Å². The maximum atomic E-state index is 6.86. The Bertz CT molecular complexity index is 2940. The highest BCUT2D eigenvalue weighted by molar-refractivity contribution is 7.01. The molecule has 4 heteroatoms. The fraction of sp³-hybridized carbons (Fsp3) is 0.231. The molecule has 0 spiro atoms. The normalized spacial score (nSPS) is 14.5. The molecule has 8 aromatic carbocycles. The number of hydrogen-bond donors (Lipinski definition) is 0. The second kappa shape index (κ2) is 10.3. The largest absolute Gasteiger partial charge is 0.458 e. The summed E-state index contributed by atoms with van der Waals surface area (Å²) < 4.78 is 13.7. The van der Waals surface area contributed by atoms with Crippen LogP contribution in [-0.4, -0.2) is 13.4 Å². The summed E-state index contributed by atoms with van der Waals surface area (Å²) in [6.07, 6.45) is 0. The van der Waals surface area contributed by atoms with Gasteiger partial charge >= 0.3 is 0 Å². The van der Waals surface area contributed by atoms with E-state index >= 15 is 0 Å². The Labute approximate surface area is 330 Å². The lowest BCUT2D eigenvalue weighted by Crippen LogP contribution is -2.58. The molecule has 0 atom stereocenters. The highest BCUT2D eigenvalue weighted by atomic mass is 16.5. The Balaban J connectivity index is 1.35. The number of ether oxygens (including phenoxy) is 2. The van der Waals surface area contributed by atoms with E-state index in [0.29, 0.717) is 0 Å². The van der Waals surface area contributed by atoms with Gasteiger partial charge in [-0.15, -0.1) is 0 Å². The third kappa shape index (κ3) is 4.05. The SMILES string of the molecule is Cc1ccc2c(c1)Oc1cc(C)cc3c1B2c1cc2c(C(C)(C)C)cc4c5c(cc6c(C(C)(C)C)cc-3c1c6c25)B1c2ccc(C)cc2Oc2cc(C)cc-4c21. The van der Waals surface area contributed by atoms with Crippen LogP contribution in [0, 0.1) is 27.7 Å². The van der Waals surface area contributed by atoms with Crippen molar-refractivity contribution < 1.29 is 9.47 Å². The summed E-state index contributed by atoms with van der Waals surface area (Å²) in [4.78, 5) is 0. The minimum absolute atomic E-state index is 0.0703. The van der Waals surface area contributed by atoms with Gasteiger partial charge in [0.15, 0.2) is 0 Å². The van der Waals surface area contributed by atoms with E-state index in [1.54, 1.807) is 0 Å². The number of fused-ring (bicyclic) bond motifs is 8. The molecular weight excluding hydrogens is 678 g/mol. The molecule has 0 aliphatic carbocycles. The first kappa shape index (κ1) is 32.7. The van der Waals surface area contributed by atoms with E-state index in [1.807, 2.05) is 0 Å². The second-order valence-corrected chi connectivity index (χ2v) is 19.6. The van der Waals surface area contributed by atoms with Gasteiger partial charge in [0.1, 0.15) is 23.0 Å². The van der Waals surface area contributed by atoms with Crippen LogP contribution in [0.15, 0.2) is 84.9 Å². The van der Waals surface area contributed by atoms with Crippen LogP contribution in [0.25, 0.3) is 54.6 Å². The van der Waals surface area contributed by atoms with Gasteiger partial charge in [-0.05, 0) is 185 Å². The van der Waals surface area contributed by atoms with Gasteiger partial charge in [-0.25, -0.2) is 0 Å².